The molecule has 0 spiro atoms. The first-order chi connectivity index (χ1) is 14.7. The molecule has 2 N–H and O–H groups in total. The topological polar surface area (TPSA) is 63.2 Å². The standard InChI is InChI=1S/C25H31N3O2/c1-2-3-14-30-25(29)23-16-21(18-4-5-18)17-28-24(23)10-13-27-22-7-6-19-8-11-26-12-9-20(19)15-22/h6-7,9,12,15-18,26-27H,2-5,8,10-11,13-14H2,1H3. The fourth-order valence-corrected chi connectivity index (χ4v) is 3.76. The lowest BCUT2D eigenvalue weighted by Crippen LogP contribution is -2.14. The van der Waals surface area contributed by atoms with E-state index >= 15 is 0 Å². The molecule has 0 unspecified atom stereocenters. The summed E-state index contributed by atoms with van der Waals surface area (Å²) in [6, 6.07) is 8.51. The molecular formula is C25H31N3O2. The van der Waals surface area contributed by atoms with Crippen molar-refractivity contribution in [2.24, 2.45) is 0 Å². The smallest absolute Gasteiger partial charge is 0.339 e. The second kappa shape index (κ2) is 9.79. The van der Waals surface area contributed by atoms with Gasteiger partial charge in [0.15, 0.2) is 0 Å². The van der Waals surface area contributed by atoms with Crippen LogP contribution >= 0.6 is 0 Å². The summed E-state index contributed by atoms with van der Waals surface area (Å²) < 4.78 is 5.49. The minimum atomic E-state index is -0.240. The zero-order chi connectivity index (χ0) is 20.8. The number of carbonyl (C=O) groups excluding carboxylic acids is 1. The van der Waals surface area contributed by atoms with Gasteiger partial charge >= 0.3 is 5.97 Å². The number of ether oxygens (including phenoxy) is 1. The van der Waals surface area contributed by atoms with Crippen molar-refractivity contribution in [1.82, 2.24) is 10.3 Å². The van der Waals surface area contributed by atoms with E-state index in [-0.39, 0.29) is 5.97 Å². The quantitative estimate of drug-likeness (QED) is 0.468. The third kappa shape index (κ3) is 5.21. The molecule has 0 saturated heterocycles. The van der Waals surface area contributed by atoms with Gasteiger partial charge in [0.2, 0.25) is 0 Å². The van der Waals surface area contributed by atoms with E-state index in [1.807, 2.05) is 18.5 Å². The van der Waals surface area contributed by atoms with Crippen LogP contribution in [0.3, 0.4) is 0 Å². The minimum Gasteiger partial charge on any atom is -0.462 e. The lowest BCUT2D eigenvalue weighted by molar-refractivity contribution is 0.0497. The van der Waals surface area contributed by atoms with Gasteiger partial charge in [0.25, 0.3) is 0 Å². The molecule has 0 atom stereocenters. The van der Waals surface area contributed by atoms with Gasteiger partial charge in [0.1, 0.15) is 0 Å². The largest absolute Gasteiger partial charge is 0.462 e. The molecular weight excluding hydrogens is 374 g/mol. The van der Waals surface area contributed by atoms with E-state index in [2.05, 4.69) is 46.8 Å². The van der Waals surface area contributed by atoms with E-state index < -0.39 is 0 Å². The van der Waals surface area contributed by atoms with Crippen molar-refractivity contribution < 1.29 is 9.53 Å². The Kier molecular flexibility index (Phi) is 6.67. The van der Waals surface area contributed by atoms with Crippen LogP contribution in [0, 0.1) is 0 Å². The number of pyridine rings is 1. The summed E-state index contributed by atoms with van der Waals surface area (Å²) in [4.78, 5) is 17.3. The van der Waals surface area contributed by atoms with Gasteiger partial charge in [-0.25, -0.2) is 4.79 Å². The first kappa shape index (κ1) is 20.5. The minimum absolute atomic E-state index is 0.240. The summed E-state index contributed by atoms with van der Waals surface area (Å²) in [5, 5.41) is 6.76. The second-order valence-electron chi connectivity index (χ2n) is 8.15. The van der Waals surface area contributed by atoms with E-state index in [9.17, 15) is 4.79 Å². The summed E-state index contributed by atoms with van der Waals surface area (Å²) >= 11 is 0. The fourth-order valence-electron chi connectivity index (χ4n) is 3.76. The Balaban J connectivity index is 1.42. The van der Waals surface area contributed by atoms with Crippen molar-refractivity contribution in [2.45, 2.75) is 51.4 Å². The number of unbranched alkanes of at least 4 members (excludes halogenated alkanes) is 1. The van der Waals surface area contributed by atoms with Crippen molar-refractivity contribution in [3.05, 3.63) is 64.6 Å². The van der Waals surface area contributed by atoms with Crippen LogP contribution in [-0.4, -0.2) is 30.6 Å². The molecule has 5 heteroatoms. The normalized spacial score (nSPS) is 15.1. The van der Waals surface area contributed by atoms with Gasteiger partial charge in [-0.2, -0.15) is 0 Å². The van der Waals surface area contributed by atoms with E-state index in [0.717, 1.165) is 37.2 Å². The molecule has 1 aliphatic heterocycles. The average molecular weight is 406 g/mol. The highest BCUT2D eigenvalue weighted by molar-refractivity contribution is 5.90. The lowest BCUT2D eigenvalue weighted by Gasteiger charge is -2.13. The Morgan fingerprint density at radius 2 is 2.20 bits per heavy atom. The molecule has 0 bridgehead atoms. The maximum Gasteiger partial charge on any atom is 0.339 e. The number of hydrogen-bond acceptors (Lipinski definition) is 5. The number of carbonyl (C=O) groups is 1. The molecule has 5 nitrogen and oxygen atoms in total. The highest BCUT2D eigenvalue weighted by Gasteiger charge is 2.26. The van der Waals surface area contributed by atoms with Crippen LogP contribution in [0.5, 0.6) is 0 Å². The van der Waals surface area contributed by atoms with Crippen LogP contribution in [0.1, 0.15) is 71.3 Å². The molecule has 1 aromatic carbocycles. The molecule has 1 aliphatic carbocycles. The van der Waals surface area contributed by atoms with Crippen molar-refractivity contribution in [3.63, 3.8) is 0 Å². The zero-order valence-corrected chi connectivity index (χ0v) is 17.7. The molecule has 0 radical (unpaired) electrons. The van der Waals surface area contributed by atoms with Gasteiger partial charge in [0.05, 0.1) is 17.9 Å². The average Bonchev–Trinajstić information content (AvgIpc) is 3.61. The molecule has 2 aromatic rings. The van der Waals surface area contributed by atoms with Crippen LogP contribution < -0.4 is 10.6 Å². The number of hydrogen-bond donors (Lipinski definition) is 2. The van der Waals surface area contributed by atoms with Gasteiger partial charge in [-0.15, -0.1) is 0 Å². The number of benzene rings is 1. The Hall–Kier alpha value is -2.82. The van der Waals surface area contributed by atoms with Gasteiger partial charge in [0, 0.05) is 31.4 Å². The number of fused-ring (bicyclic) bond motifs is 1. The summed E-state index contributed by atoms with van der Waals surface area (Å²) in [6.45, 7) is 4.24. The number of nitrogens with one attached hydrogen (secondary N) is 2. The summed E-state index contributed by atoms with van der Waals surface area (Å²) in [6.07, 6.45) is 12.1. The van der Waals surface area contributed by atoms with Gasteiger partial charge in [-0.1, -0.05) is 19.4 Å². The number of nitrogens with zero attached hydrogens (tertiary/aromatic N) is 1. The molecule has 4 rings (SSSR count). The maximum atomic E-state index is 12.7. The molecule has 1 saturated carbocycles. The maximum absolute atomic E-state index is 12.7. The van der Waals surface area contributed by atoms with Crippen LogP contribution in [-0.2, 0) is 17.6 Å². The summed E-state index contributed by atoms with van der Waals surface area (Å²) in [5.41, 5.74) is 6.30. The SMILES string of the molecule is CCCCOC(=O)c1cc(C2CC2)cnc1CCNc1ccc2c(c1)C=CNCC2. The first-order valence-electron chi connectivity index (χ1n) is 11.2. The van der Waals surface area contributed by atoms with Crippen molar-refractivity contribution in [1.29, 1.82) is 0 Å². The molecule has 30 heavy (non-hydrogen) atoms. The van der Waals surface area contributed by atoms with Crippen molar-refractivity contribution in [3.8, 4) is 0 Å². The van der Waals surface area contributed by atoms with Crippen LogP contribution in [0.25, 0.3) is 6.08 Å². The Bertz CT molecular complexity index is 919. The number of esters is 1. The van der Waals surface area contributed by atoms with E-state index in [4.69, 9.17) is 4.74 Å². The van der Waals surface area contributed by atoms with Crippen molar-refractivity contribution in [2.75, 3.05) is 25.0 Å². The number of aromatic nitrogens is 1. The first-order valence-corrected chi connectivity index (χ1v) is 11.2. The van der Waals surface area contributed by atoms with Crippen molar-refractivity contribution >= 4 is 17.7 Å². The third-order valence-corrected chi connectivity index (χ3v) is 5.75. The molecule has 1 fully saturated rings. The predicted molar refractivity (Wildman–Crippen MR) is 121 cm³/mol. The Morgan fingerprint density at radius 1 is 1.30 bits per heavy atom. The number of rotatable bonds is 9. The molecule has 158 valence electrons. The highest BCUT2D eigenvalue weighted by Crippen LogP contribution is 2.40. The molecule has 2 heterocycles. The third-order valence-electron chi connectivity index (χ3n) is 5.75. The monoisotopic (exact) mass is 405 g/mol. The summed E-state index contributed by atoms with van der Waals surface area (Å²) in [7, 11) is 0. The molecule has 2 aliphatic rings. The van der Waals surface area contributed by atoms with Crippen LogP contribution in [0.15, 0.2) is 36.7 Å². The van der Waals surface area contributed by atoms with Crippen LogP contribution in [0.4, 0.5) is 5.69 Å². The summed E-state index contributed by atoms with van der Waals surface area (Å²) in [5.74, 6) is 0.324. The Morgan fingerprint density at radius 3 is 3.03 bits per heavy atom. The van der Waals surface area contributed by atoms with Gasteiger partial charge in [-0.05, 0) is 78.8 Å². The van der Waals surface area contributed by atoms with Crippen LogP contribution in [0.2, 0.25) is 0 Å². The Labute approximate surface area is 178 Å². The lowest BCUT2D eigenvalue weighted by atomic mass is 10.0. The molecule has 1 aromatic heterocycles. The highest BCUT2D eigenvalue weighted by atomic mass is 16.5. The van der Waals surface area contributed by atoms with Gasteiger partial charge < -0.3 is 15.4 Å². The number of anilines is 1. The van der Waals surface area contributed by atoms with E-state index in [0.29, 0.717) is 31.1 Å². The van der Waals surface area contributed by atoms with E-state index in [1.165, 1.54) is 29.5 Å². The second-order valence-corrected chi connectivity index (χ2v) is 8.15. The van der Waals surface area contributed by atoms with Gasteiger partial charge in [-0.3, -0.25) is 4.98 Å². The zero-order valence-electron chi connectivity index (χ0n) is 17.7. The van der Waals surface area contributed by atoms with E-state index in [1.54, 1.807) is 0 Å². The fraction of sp³-hybridized carbons (Fsp3) is 0.440. The molecule has 0 amide bonds. The predicted octanol–water partition coefficient (Wildman–Crippen LogP) is 4.69.